The highest BCUT2D eigenvalue weighted by atomic mass is 16.7. The van der Waals surface area contributed by atoms with Crippen LogP contribution in [0.3, 0.4) is 0 Å². The maximum Gasteiger partial charge on any atom is 0.339 e. The van der Waals surface area contributed by atoms with E-state index < -0.39 is 42.6 Å². The monoisotopic (exact) mass is 314 g/mol. The Balaban J connectivity index is 2.25. The molecule has 0 spiro atoms. The van der Waals surface area contributed by atoms with Gasteiger partial charge in [0.2, 0.25) is 6.29 Å². The average molecular weight is 314 g/mol. The molecule has 1 heterocycles. The Morgan fingerprint density at radius 3 is 2.23 bits per heavy atom. The predicted molar refractivity (Wildman–Crippen MR) is 68.3 cm³/mol. The van der Waals surface area contributed by atoms with Gasteiger partial charge in [0.25, 0.3) is 0 Å². The summed E-state index contributed by atoms with van der Waals surface area (Å²) in [6.07, 6.45) is -8.90. The summed E-state index contributed by atoms with van der Waals surface area (Å²) in [4.78, 5) is 22.0. The molecule has 22 heavy (non-hydrogen) atoms. The molecular weight excluding hydrogens is 300 g/mol. The van der Waals surface area contributed by atoms with E-state index in [0.717, 1.165) is 0 Å². The molecule has 0 radical (unpaired) electrons. The summed E-state index contributed by atoms with van der Waals surface area (Å²) in [7, 11) is 0. The number of carbonyl (C=O) groups is 2. The Morgan fingerprint density at radius 1 is 1.00 bits per heavy atom. The third-order valence-electron chi connectivity index (χ3n) is 3.17. The Kier molecular flexibility index (Phi) is 4.62. The van der Waals surface area contributed by atoms with Gasteiger partial charge < -0.3 is 35.0 Å². The lowest BCUT2D eigenvalue weighted by molar-refractivity contribution is -0.271. The van der Waals surface area contributed by atoms with Crippen molar-refractivity contribution in [3.8, 4) is 5.75 Å². The highest BCUT2D eigenvalue weighted by Gasteiger charge is 2.48. The van der Waals surface area contributed by atoms with Crippen LogP contribution in [0, 0.1) is 0 Å². The minimum atomic E-state index is -1.85. The first kappa shape index (κ1) is 16.2. The normalized spacial score (nSPS) is 31.5. The van der Waals surface area contributed by atoms with Crippen LogP contribution in [0.1, 0.15) is 10.4 Å². The van der Waals surface area contributed by atoms with E-state index in [2.05, 4.69) is 0 Å². The molecule has 9 nitrogen and oxygen atoms in total. The molecule has 5 atom stereocenters. The topological polar surface area (TPSA) is 154 Å². The first-order chi connectivity index (χ1) is 10.3. The van der Waals surface area contributed by atoms with Crippen molar-refractivity contribution in [3.05, 3.63) is 29.8 Å². The summed E-state index contributed by atoms with van der Waals surface area (Å²) >= 11 is 0. The Bertz CT molecular complexity index is 572. The van der Waals surface area contributed by atoms with Gasteiger partial charge in [-0.05, 0) is 12.1 Å². The van der Waals surface area contributed by atoms with Crippen molar-refractivity contribution in [2.24, 2.45) is 0 Å². The number of benzene rings is 1. The van der Waals surface area contributed by atoms with Crippen LogP contribution in [0.25, 0.3) is 0 Å². The molecule has 120 valence electrons. The number of hydrogen-bond acceptors (Lipinski definition) is 7. The molecule has 5 N–H and O–H groups in total. The molecule has 1 fully saturated rings. The molecule has 0 aliphatic carbocycles. The maximum absolute atomic E-state index is 11.1. The fraction of sp³-hybridized carbons (Fsp3) is 0.385. The van der Waals surface area contributed by atoms with Crippen LogP contribution >= 0.6 is 0 Å². The lowest BCUT2D eigenvalue weighted by atomic mass is 9.99. The minimum absolute atomic E-state index is 0.174. The fourth-order valence-electron chi connectivity index (χ4n) is 2.02. The lowest BCUT2D eigenvalue weighted by Crippen LogP contribution is -2.61. The zero-order chi connectivity index (χ0) is 16.4. The van der Waals surface area contributed by atoms with E-state index in [1.54, 1.807) is 0 Å². The molecule has 9 heteroatoms. The number of ether oxygens (including phenoxy) is 2. The van der Waals surface area contributed by atoms with E-state index in [1.807, 2.05) is 0 Å². The molecule has 1 aliphatic rings. The van der Waals surface area contributed by atoms with Crippen molar-refractivity contribution in [1.82, 2.24) is 0 Å². The van der Waals surface area contributed by atoms with E-state index in [0.29, 0.717) is 0 Å². The van der Waals surface area contributed by atoms with Gasteiger partial charge >= 0.3 is 11.9 Å². The van der Waals surface area contributed by atoms with Crippen LogP contribution in [0.2, 0.25) is 0 Å². The average Bonchev–Trinajstić information content (AvgIpc) is 2.47. The first-order valence-corrected chi connectivity index (χ1v) is 6.24. The highest BCUT2D eigenvalue weighted by Crippen LogP contribution is 2.26. The standard InChI is InChI=1S/C13H14O9/c14-7-8(15)10(12(19)20)22-13(9(7)16)21-6-4-2-1-3-5(6)11(17)18/h1-4,7-10,13-16H,(H,17,18)(H,19,20)/t7-,8-,9+,10-,13-/m0/s1. The van der Waals surface area contributed by atoms with Gasteiger partial charge in [0, 0.05) is 0 Å². The number of rotatable bonds is 4. The smallest absolute Gasteiger partial charge is 0.339 e. The minimum Gasteiger partial charge on any atom is -0.479 e. The molecule has 0 saturated carbocycles. The van der Waals surface area contributed by atoms with E-state index in [1.165, 1.54) is 24.3 Å². The van der Waals surface area contributed by atoms with Crippen molar-refractivity contribution < 1.29 is 44.6 Å². The SMILES string of the molecule is O=C(O)c1ccccc1O[C@H]1O[C@H](C(=O)O)[C@@H](O)[C@H](O)[C@H]1O. The highest BCUT2D eigenvalue weighted by molar-refractivity contribution is 5.90. The molecule has 0 unspecified atom stereocenters. The van der Waals surface area contributed by atoms with Crippen LogP contribution in [-0.2, 0) is 9.53 Å². The van der Waals surface area contributed by atoms with Gasteiger partial charge in [-0.2, -0.15) is 0 Å². The van der Waals surface area contributed by atoms with E-state index in [9.17, 15) is 24.9 Å². The second kappa shape index (κ2) is 6.28. The summed E-state index contributed by atoms with van der Waals surface area (Å²) in [5.41, 5.74) is -0.231. The van der Waals surface area contributed by atoms with Crippen LogP contribution in [0.4, 0.5) is 0 Å². The third kappa shape index (κ3) is 3.02. The van der Waals surface area contributed by atoms with Gasteiger partial charge in [-0.15, -0.1) is 0 Å². The van der Waals surface area contributed by atoms with Gasteiger partial charge in [-0.25, -0.2) is 9.59 Å². The second-order valence-electron chi connectivity index (χ2n) is 4.65. The van der Waals surface area contributed by atoms with E-state index >= 15 is 0 Å². The van der Waals surface area contributed by atoms with Crippen molar-refractivity contribution in [2.75, 3.05) is 0 Å². The van der Waals surface area contributed by atoms with E-state index in [-0.39, 0.29) is 11.3 Å². The largest absolute Gasteiger partial charge is 0.479 e. The third-order valence-corrected chi connectivity index (χ3v) is 3.17. The summed E-state index contributed by atoms with van der Waals surface area (Å²) < 4.78 is 10.1. The maximum atomic E-state index is 11.1. The Morgan fingerprint density at radius 2 is 1.64 bits per heavy atom. The molecular formula is C13H14O9. The summed E-state index contributed by atoms with van der Waals surface area (Å²) in [6, 6.07) is 5.45. The summed E-state index contributed by atoms with van der Waals surface area (Å²) in [5, 5.41) is 46.9. The zero-order valence-corrected chi connectivity index (χ0v) is 11.1. The van der Waals surface area contributed by atoms with E-state index in [4.69, 9.17) is 19.7 Å². The number of aliphatic hydroxyl groups excluding tert-OH is 3. The van der Waals surface area contributed by atoms with Crippen LogP contribution < -0.4 is 4.74 Å². The van der Waals surface area contributed by atoms with Gasteiger partial charge in [0.1, 0.15) is 29.6 Å². The second-order valence-corrected chi connectivity index (χ2v) is 4.65. The fourth-order valence-corrected chi connectivity index (χ4v) is 2.02. The van der Waals surface area contributed by atoms with Crippen LogP contribution in [-0.4, -0.2) is 68.2 Å². The van der Waals surface area contributed by atoms with Crippen molar-refractivity contribution in [3.63, 3.8) is 0 Å². The summed E-state index contributed by atoms with van der Waals surface area (Å²) in [6.45, 7) is 0. The Hall–Kier alpha value is -2.20. The van der Waals surface area contributed by atoms with Gasteiger partial charge in [0.15, 0.2) is 6.10 Å². The van der Waals surface area contributed by atoms with Crippen molar-refractivity contribution in [2.45, 2.75) is 30.7 Å². The first-order valence-electron chi connectivity index (χ1n) is 6.24. The Labute approximate surface area is 124 Å². The van der Waals surface area contributed by atoms with Gasteiger partial charge in [-0.1, -0.05) is 12.1 Å². The van der Waals surface area contributed by atoms with Crippen molar-refractivity contribution in [1.29, 1.82) is 0 Å². The number of para-hydroxylation sites is 1. The van der Waals surface area contributed by atoms with Crippen LogP contribution in [0.15, 0.2) is 24.3 Å². The predicted octanol–water partition coefficient (Wildman–Crippen LogP) is -1.34. The number of aliphatic hydroxyl groups is 3. The molecule has 0 aromatic heterocycles. The van der Waals surface area contributed by atoms with Gasteiger partial charge in [-0.3, -0.25) is 0 Å². The van der Waals surface area contributed by atoms with Crippen LogP contribution in [0.5, 0.6) is 5.75 Å². The van der Waals surface area contributed by atoms with Gasteiger partial charge in [0.05, 0.1) is 0 Å². The molecule has 1 aromatic carbocycles. The lowest BCUT2D eigenvalue weighted by Gasteiger charge is -2.38. The number of carboxylic acids is 2. The molecule has 2 rings (SSSR count). The van der Waals surface area contributed by atoms with Crippen molar-refractivity contribution >= 4 is 11.9 Å². The molecule has 1 aliphatic heterocycles. The number of carboxylic acid groups (broad SMARTS) is 2. The summed E-state index contributed by atoms with van der Waals surface area (Å²) in [5.74, 6) is -3.03. The quantitative estimate of drug-likeness (QED) is 0.454. The zero-order valence-electron chi connectivity index (χ0n) is 11.1. The number of hydrogen-bond donors (Lipinski definition) is 5. The molecule has 1 aromatic rings. The number of aliphatic carboxylic acids is 1. The number of aromatic carboxylic acids is 1. The molecule has 0 amide bonds. The molecule has 1 saturated heterocycles. The molecule has 0 bridgehead atoms.